The topological polar surface area (TPSA) is 9.23 Å². The maximum atomic E-state index is 4.96. The fraction of sp³-hybridized carbons (Fsp3) is 0.455. The molecule has 1 unspecified atom stereocenters. The maximum absolute atomic E-state index is 4.96. The van der Waals surface area contributed by atoms with Crippen molar-refractivity contribution >= 4 is 10.5 Å². The number of rotatable bonds is 3. The summed E-state index contributed by atoms with van der Waals surface area (Å²) in [6, 6.07) is 6.40. The summed E-state index contributed by atoms with van der Waals surface area (Å²) >= 11 is 0. The summed E-state index contributed by atoms with van der Waals surface area (Å²) in [7, 11) is 3.04. The molecule has 0 aliphatic heterocycles. The molecule has 0 saturated heterocycles. The van der Waals surface area contributed by atoms with Gasteiger partial charge in [-0.15, -0.1) is 0 Å². The van der Waals surface area contributed by atoms with Gasteiger partial charge < -0.3 is 4.43 Å². The molecule has 0 N–H and O–H groups in total. The van der Waals surface area contributed by atoms with Gasteiger partial charge in [-0.05, 0) is 30.5 Å². The van der Waals surface area contributed by atoms with Crippen molar-refractivity contribution in [2.45, 2.75) is 26.7 Å². The lowest BCUT2D eigenvalue weighted by molar-refractivity contribution is 0.323. The van der Waals surface area contributed by atoms with Gasteiger partial charge >= 0.3 is 0 Å². The molecule has 3 radical (unpaired) electrons. The summed E-state index contributed by atoms with van der Waals surface area (Å²) in [5.74, 6) is 0.442. The molecule has 1 aromatic rings. The highest BCUT2D eigenvalue weighted by Gasteiger charge is 2.08. The largest absolute Gasteiger partial charge is 0.418 e. The first-order chi connectivity index (χ1) is 6.16. The van der Waals surface area contributed by atoms with E-state index in [9.17, 15) is 0 Å². The van der Waals surface area contributed by atoms with Crippen LogP contribution in [0.25, 0.3) is 0 Å². The molecule has 0 bridgehead atoms. The van der Waals surface area contributed by atoms with Crippen molar-refractivity contribution in [3.8, 4) is 0 Å². The van der Waals surface area contributed by atoms with Gasteiger partial charge in [-0.25, -0.2) is 0 Å². The van der Waals surface area contributed by atoms with Gasteiger partial charge in [0.1, 0.15) is 0 Å². The van der Waals surface area contributed by atoms with Crippen LogP contribution in [0, 0.1) is 13.8 Å². The molecule has 0 amide bonds. The average molecular weight is 191 g/mol. The molecular formula is C11H15OSi. The molecule has 0 aromatic heterocycles. The van der Waals surface area contributed by atoms with Gasteiger partial charge in [-0.1, -0.05) is 25.1 Å². The van der Waals surface area contributed by atoms with Crippen molar-refractivity contribution in [2.75, 3.05) is 6.61 Å². The minimum atomic E-state index is 0.442. The second kappa shape index (κ2) is 4.58. The highest BCUT2D eigenvalue weighted by atomic mass is 28.2. The zero-order valence-corrected chi connectivity index (χ0v) is 9.42. The predicted molar refractivity (Wildman–Crippen MR) is 56.0 cm³/mol. The van der Waals surface area contributed by atoms with Gasteiger partial charge in [0.15, 0.2) is 0 Å². The van der Waals surface area contributed by atoms with E-state index in [2.05, 4.69) is 49.5 Å². The number of hydrogen-bond donors (Lipinski definition) is 0. The van der Waals surface area contributed by atoms with Gasteiger partial charge in [-0.3, -0.25) is 0 Å². The Hall–Kier alpha value is -0.603. The van der Waals surface area contributed by atoms with Gasteiger partial charge in [0.25, 0.3) is 0 Å². The van der Waals surface area contributed by atoms with E-state index in [0.717, 1.165) is 0 Å². The standard InChI is InChI=1S/C11H15OSi/c1-8-5-4-6-11(10(8)3)9(2)7-12-13/h4-6,9H,7H2,1-3H3. The Morgan fingerprint density at radius 3 is 2.69 bits per heavy atom. The molecule has 1 atom stereocenters. The van der Waals surface area contributed by atoms with Crippen LogP contribution in [0.2, 0.25) is 0 Å². The van der Waals surface area contributed by atoms with E-state index in [4.69, 9.17) is 4.43 Å². The Balaban J connectivity index is 2.93. The number of hydrogen-bond acceptors (Lipinski definition) is 1. The highest BCUT2D eigenvalue weighted by molar-refractivity contribution is 5.97. The second-order valence-corrected chi connectivity index (χ2v) is 3.79. The van der Waals surface area contributed by atoms with Crippen LogP contribution < -0.4 is 0 Å². The molecule has 13 heavy (non-hydrogen) atoms. The smallest absolute Gasteiger partial charge is 0.246 e. The quantitative estimate of drug-likeness (QED) is 0.667. The van der Waals surface area contributed by atoms with Gasteiger partial charge in [0.05, 0.1) is 0 Å². The lowest BCUT2D eigenvalue weighted by atomic mass is 9.94. The van der Waals surface area contributed by atoms with E-state index in [-0.39, 0.29) is 0 Å². The molecule has 1 rings (SSSR count). The molecule has 2 heteroatoms. The van der Waals surface area contributed by atoms with Crippen molar-refractivity contribution < 1.29 is 4.43 Å². The van der Waals surface area contributed by atoms with E-state index in [0.29, 0.717) is 12.5 Å². The molecule has 1 nitrogen and oxygen atoms in total. The normalized spacial score (nSPS) is 12.9. The SMILES string of the molecule is Cc1cccc(C(C)CO[Si])c1C. The molecule has 1 aromatic carbocycles. The van der Waals surface area contributed by atoms with Crippen LogP contribution in [0.4, 0.5) is 0 Å². The van der Waals surface area contributed by atoms with E-state index >= 15 is 0 Å². The van der Waals surface area contributed by atoms with Crippen LogP contribution in [0.15, 0.2) is 18.2 Å². The zero-order chi connectivity index (χ0) is 9.84. The van der Waals surface area contributed by atoms with E-state index in [1.807, 2.05) is 0 Å². The Bertz CT molecular complexity index is 283. The Kier molecular flexibility index (Phi) is 3.69. The fourth-order valence-electron chi connectivity index (χ4n) is 1.52. The van der Waals surface area contributed by atoms with E-state index in [1.165, 1.54) is 16.7 Å². The van der Waals surface area contributed by atoms with Gasteiger partial charge in [-0.2, -0.15) is 0 Å². The third kappa shape index (κ3) is 2.42. The number of benzene rings is 1. The summed E-state index contributed by atoms with van der Waals surface area (Å²) in [6.07, 6.45) is 0. The van der Waals surface area contributed by atoms with Crippen LogP contribution in [0.5, 0.6) is 0 Å². The molecule has 69 valence electrons. The third-order valence-electron chi connectivity index (χ3n) is 2.51. The predicted octanol–water partition coefficient (Wildman–Crippen LogP) is 2.51. The second-order valence-electron chi connectivity index (χ2n) is 3.50. The minimum Gasteiger partial charge on any atom is -0.418 e. The lowest BCUT2D eigenvalue weighted by Crippen LogP contribution is -2.05. The molecular weight excluding hydrogens is 176 g/mol. The Morgan fingerprint density at radius 2 is 2.08 bits per heavy atom. The van der Waals surface area contributed by atoms with E-state index < -0.39 is 0 Å². The summed E-state index contributed by atoms with van der Waals surface area (Å²) in [6.45, 7) is 7.18. The van der Waals surface area contributed by atoms with Crippen molar-refractivity contribution in [2.24, 2.45) is 0 Å². The average Bonchev–Trinajstić information content (AvgIpc) is 2.10. The van der Waals surface area contributed by atoms with Crippen molar-refractivity contribution in [1.29, 1.82) is 0 Å². The first kappa shape index (κ1) is 10.5. The van der Waals surface area contributed by atoms with Crippen molar-refractivity contribution in [3.63, 3.8) is 0 Å². The Morgan fingerprint density at radius 1 is 1.38 bits per heavy atom. The first-order valence-corrected chi connectivity index (χ1v) is 4.92. The summed E-state index contributed by atoms with van der Waals surface area (Å²) < 4.78 is 4.96. The third-order valence-corrected chi connectivity index (χ3v) is 2.68. The zero-order valence-electron chi connectivity index (χ0n) is 8.42. The molecule has 0 saturated carbocycles. The summed E-state index contributed by atoms with van der Waals surface area (Å²) in [5.41, 5.74) is 4.09. The first-order valence-electron chi connectivity index (χ1n) is 4.51. The highest BCUT2D eigenvalue weighted by Crippen LogP contribution is 2.21. The molecule has 0 fully saturated rings. The fourth-order valence-corrected chi connectivity index (χ4v) is 1.77. The summed E-state index contributed by atoms with van der Waals surface area (Å²) in [4.78, 5) is 0. The summed E-state index contributed by atoms with van der Waals surface area (Å²) in [5, 5.41) is 0. The van der Waals surface area contributed by atoms with Gasteiger partial charge in [0, 0.05) is 12.5 Å². The lowest BCUT2D eigenvalue weighted by Gasteiger charge is -2.15. The minimum absolute atomic E-state index is 0.442. The monoisotopic (exact) mass is 191 g/mol. The van der Waals surface area contributed by atoms with E-state index in [1.54, 1.807) is 0 Å². The van der Waals surface area contributed by atoms with Crippen LogP contribution in [-0.4, -0.2) is 17.1 Å². The molecule has 0 heterocycles. The number of aryl methyl sites for hydroxylation is 1. The van der Waals surface area contributed by atoms with Crippen LogP contribution >= 0.6 is 0 Å². The molecule has 0 spiro atoms. The van der Waals surface area contributed by atoms with Crippen LogP contribution in [0.3, 0.4) is 0 Å². The molecule has 0 aliphatic rings. The van der Waals surface area contributed by atoms with Crippen molar-refractivity contribution in [3.05, 3.63) is 34.9 Å². The van der Waals surface area contributed by atoms with Crippen LogP contribution in [-0.2, 0) is 4.43 Å². The van der Waals surface area contributed by atoms with Crippen LogP contribution in [0.1, 0.15) is 29.5 Å². The Labute approximate surface area is 83.7 Å². The maximum Gasteiger partial charge on any atom is 0.246 e. The van der Waals surface area contributed by atoms with Crippen molar-refractivity contribution in [1.82, 2.24) is 0 Å². The molecule has 0 aliphatic carbocycles. The van der Waals surface area contributed by atoms with Gasteiger partial charge in [0.2, 0.25) is 10.5 Å².